The summed E-state index contributed by atoms with van der Waals surface area (Å²) >= 11 is 0. The second-order valence-electron chi connectivity index (χ2n) is 2.70. The van der Waals surface area contributed by atoms with E-state index in [1.807, 2.05) is 6.07 Å². The van der Waals surface area contributed by atoms with Crippen molar-refractivity contribution in [2.24, 2.45) is 0 Å². The summed E-state index contributed by atoms with van der Waals surface area (Å²) in [6.45, 7) is 0. The van der Waals surface area contributed by atoms with Gasteiger partial charge >= 0.3 is 5.97 Å². The minimum Gasteiger partial charge on any atom is -0.496 e. The van der Waals surface area contributed by atoms with Gasteiger partial charge in [-0.05, 0) is 18.2 Å². The molecule has 0 aromatic heterocycles. The molecule has 76 valence electrons. The molecule has 0 spiro atoms. The lowest BCUT2D eigenvalue weighted by atomic mass is 10.1. The first-order valence-electron chi connectivity index (χ1n) is 4.17. The van der Waals surface area contributed by atoms with Crippen LogP contribution >= 0.6 is 0 Å². The average molecular weight is 203 g/mol. The van der Waals surface area contributed by atoms with E-state index in [2.05, 4.69) is 0 Å². The molecule has 4 heteroatoms. The molecule has 0 aliphatic carbocycles. The Kier molecular flexibility index (Phi) is 3.47. The average Bonchev–Trinajstić information content (AvgIpc) is 2.25. The third-order valence-electron chi connectivity index (χ3n) is 1.80. The molecule has 0 bridgehead atoms. The summed E-state index contributed by atoms with van der Waals surface area (Å²) < 4.78 is 5.02. The van der Waals surface area contributed by atoms with Crippen molar-refractivity contribution >= 4 is 12.0 Å². The van der Waals surface area contributed by atoms with E-state index < -0.39 is 5.97 Å². The summed E-state index contributed by atoms with van der Waals surface area (Å²) in [5.41, 5.74) is 0.858. The van der Waals surface area contributed by atoms with Gasteiger partial charge in [-0.2, -0.15) is 5.26 Å². The van der Waals surface area contributed by atoms with Crippen LogP contribution in [0.3, 0.4) is 0 Å². The van der Waals surface area contributed by atoms with Gasteiger partial charge in [-0.25, -0.2) is 4.79 Å². The number of carboxylic acid groups (broad SMARTS) is 1. The van der Waals surface area contributed by atoms with Crippen molar-refractivity contribution < 1.29 is 14.6 Å². The quantitative estimate of drug-likeness (QED) is 0.758. The number of nitrogens with zero attached hydrogens (tertiary/aromatic N) is 1. The molecule has 0 aliphatic rings. The smallest absolute Gasteiger partial charge is 0.328 e. The largest absolute Gasteiger partial charge is 0.496 e. The second-order valence-corrected chi connectivity index (χ2v) is 2.70. The number of hydrogen-bond donors (Lipinski definition) is 1. The van der Waals surface area contributed by atoms with E-state index in [-0.39, 0.29) is 0 Å². The highest BCUT2D eigenvalue weighted by molar-refractivity contribution is 5.86. The molecule has 0 saturated heterocycles. The number of methoxy groups -OCH3 is 1. The second kappa shape index (κ2) is 4.82. The van der Waals surface area contributed by atoms with Crippen LogP contribution < -0.4 is 4.74 Å². The number of carbonyl (C=O) groups is 1. The number of ether oxygens (including phenoxy) is 1. The first-order chi connectivity index (χ1) is 7.19. The summed E-state index contributed by atoms with van der Waals surface area (Å²) in [5.74, 6) is -0.587. The topological polar surface area (TPSA) is 70.3 Å². The molecular formula is C11H9NO3. The van der Waals surface area contributed by atoms with E-state index in [0.29, 0.717) is 16.9 Å². The molecule has 0 fully saturated rings. The Bertz CT molecular complexity index is 444. The zero-order chi connectivity index (χ0) is 11.3. The van der Waals surface area contributed by atoms with E-state index in [1.54, 1.807) is 18.2 Å². The Morgan fingerprint density at radius 2 is 2.33 bits per heavy atom. The number of nitriles is 1. The van der Waals surface area contributed by atoms with Gasteiger partial charge in [0.15, 0.2) is 0 Å². The predicted octanol–water partition coefficient (Wildman–Crippen LogP) is 1.66. The Balaban J connectivity index is 3.24. The van der Waals surface area contributed by atoms with E-state index >= 15 is 0 Å². The van der Waals surface area contributed by atoms with E-state index in [9.17, 15) is 4.79 Å². The lowest BCUT2D eigenvalue weighted by Gasteiger charge is -2.05. The number of rotatable bonds is 3. The summed E-state index contributed by atoms with van der Waals surface area (Å²) in [6.07, 6.45) is 2.32. The van der Waals surface area contributed by atoms with Crippen molar-refractivity contribution in [2.45, 2.75) is 0 Å². The van der Waals surface area contributed by atoms with Crippen LogP contribution in [-0.2, 0) is 4.79 Å². The maximum atomic E-state index is 10.4. The minimum atomic E-state index is -1.07. The summed E-state index contributed by atoms with van der Waals surface area (Å²) in [6, 6.07) is 6.92. The Morgan fingerprint density at radius 1 is 1.60 bits per heavy atom. The zero-order valence-electron chi connectivity index (χ0n) is 8.10. The van der Waals surface area contributed by atoms with Crippen LogP contribution in [0, 0.1) is 11.3 Å². The maximum absolute atomic E-state index is 10.4. The monoisotopic (exact) mass is 203 g/mol. The van der Waals surface area contributed by atoms with E-state index in [4.69, 9.17) is 15.1 Å². The lowest BCUT2D eigenvalue weighted by molar-refractivity contribution is -0.131. The Hall–Kier alpha value is -2.28. The third-order valence-corrected chi connectivity index (χ3v) is 1.80. The lowest BCUT2D eigenvalue weighted by Crippen LogP contribution is -1.92. The zero-order valence-corrected chi connectivity index (χ0v) is 8.10. The van der Waals surface area contributed by atoms with Gasteiger partial charge in [0.25, 0.3) is 0 Å². The van der Waals surface area contributed by atoms with Crippen molar-refractivity contribution in [1.29, 1.82) is 5.26 Å². The summed E-state index contributed by atoms with van der Waals surface area (Å²) in [7, 11) is 1.47. The fourth-order valence-corrected chi connectivity index (χ4v) is 1.15. The van der Waals surface area contributed by atoms with Crippen molar-refractivity contribution in [3.63, 3.8) is 0 Å². The van der Waals surface area contributed by atoms with Crippen LogP contribution in [0.15, 0.2) is 24.3 Å². The number of carboxylic acids is 1. The van der Waals surface area contributed by atoms with Crippen LogP contribution in [0.4, 0.5) is 0 Å². The SMILES string of the molecule is COc1cccc(C#N)c1/C=C/C(=O)O. The molecule has 1 rings (SSSR count). The number of hydrogen-bond acceptors (Lipinski definition) is 3. The van der Waals surface area contributed by atoms with Gasteiger partial charge in [0.05, 0.1) is 18.7 Å². The molecule has 0 atom stereocenters. The highest BCUT2D eigenvalue weighted by atomic mass is 16.5. The van der Waals surface area contributed by atoms with Crippen molar-refractivity contribution in [1.82, 2.24) is 0 Å². The molecule has 1 aromatic rings. The molecule has 0 radical (unpaired) electrons. The van der Waals surface area contributed by atoms with Crippen molar-refractivity contribution in [2.75, 3.05) is 7.11 Å². The predicted molar refractivity (Wildman–Crippen MR) is 54.4 cm³/mol. The van der Waals surface area contributed by atoms with Crippen LogP contribution in [0.25, 0.3) is 6.08 Å². The normalized spacial score (nSPS) is 9.87. The first-order valence-corrected chi connectivity index (χ1v) is 4.17. The Morgan fingerprint density at radius 3 is 2.87 bits per heavy atom. The Labute approximate surface area is 87.0 Å². The van der Waals surface area contributed by atoms with Crippen LogP contribution in [0.1, 0.15) is 11.1 Å². The molecule has 0 saturated carbocycles. The third kappa shape index (κ3) is 2.58. The van der Waals surface area contributed by atoms with Crippen LogP contribution in [0.5, 0.6) is 5.75 Å². The molecule has 0 amide bonds. The molecular weight excluding hydrogens is 194 g/mol. The molecule has 1 aromatic carbocycles. The van der Waals surface area contributed by atoms with Gasteiger partial charge in [0.1, 0.15) is 5.75 Å². The van der Waals surface area contributed by atoms with Crippen LogP contribution in [-0.4, -0.2) is 18.2 Å². The molecule has 0 heterocycles. The standard InChI is InChI=1S/C11H9NO3/c1-15-10-4-2-3-8(7-12)9(10)5-6-11(13)14/h2-6H,1H3,(H,13,14)/b6-5+. The van der Waals surface area contributed by atoms with Gasteiger partial charge in [-0.15, -0.1) is 0 Å². The molecule has 0 aliphatic heterocycles. The van der Waals surface area contributed by atoms with Crippen molar-refractivity contribution in [3.8, 4) is 11.8 Å². The molecule has 4 nitrogen and oxygen atoms in total. The highest BCUT2D eigenvalue weighted by Gasteiger charge is 2.05. The minimum absolute atomic E-state index is 0.381. The van der Waals surface area contributed by atoms with Gasteiger partial charge in [0, 0.05) is 11.6 Å². The summed E-state index contributed by atoms with van der Waals surface area (Å²) in [5, 5.41) is 17.3. The van der Waals surface area contributed by atoms with Crippen LogP contribution in [0.2, 0.25) is 0 Å². The van der Waals surface area contributed by atoms with Gasteiger partial charge in [-0.1, -0.05) is 6.07 Å². The number of benzene rings is 1. The van der Waals surface area contributed by atoms with E-state index in [0.717, 1.165) is 6.08 Å². The summed E-state index contributed by atoms with van der Waals surface area (Å²) in [4.78, 5) is 10.4. The fourth-order valence-electron chi connectivity index (χ4n) is 1.15. The molecule has 0 unspecified atom stereocenters. The highest BCUT2D eigenvalue weighted by Crippen LogP contribution is 2.23. The van der Waals surface area contributed by atoms with Gasteiger partial charge in [-0.3, -0.25) is 0 Å². The fraction of sp³-hybridized carbons (Fsp3) is 0.0909. The first kappa shape index (κ1) is 10.8. The maximum Gasteiger partial charge on any atom is 0.328 e. The molecule has 1 N–H and O–H groups in total. The van der Waals surface area contributed by atoms with Crippen molar-refractivity contribution in [3.05, 3.63) is 35.4 Å². The van der Waals surface area contributed by atoms with Gasteiger partial charge < -0.3 is 9.84 Å². The number of aliphatic carboxylic acids is 1. The molecule has 15 heavy (non-hydrogen) atoms. The van der Waals surface area contributed by atoms with E-state index in [1.165, 1.54) is 13.2 Å². The van der Waals surface area contributed by atoms with Gasteiger partial charge in [0.2, 0.25) is 0 Å².